The standard InChI is InChI=1S/C14H22N2O2/c1-9-7-13(11(3)18-9)10(2)15-14(17)16(4)8-12-5-6-12/h7,10,12H,5-6,8H2,1-4H3,(H,15,17). The van der Waals surface area contributed by atoms with Gasteiger partial charge in [-0.25, -0.2) is 4.79 Å². The molecule has 1 saturated carbocycles. The molecule has 2 rings (SSSR count). The summed E-state index contributed by atoms with van der Waals surface area (Å²) in [5.41, 5.74) is 1.06. The number of aryl methyl sites for hydroxylation is 2. The molecule has 0 saturated heterocycles. The Morgan fingerprint density at radius 1 is 1.56 bits per heavy atom. The van der Waals surface area contributed by atoms with Gasteiger partial charge in [0, 0.05) is 19.2 Å². The first-order valence-corrected chi connectivity index (χ1v) is 6.56. The predicted octanol–water partition coefficient (Wildman–Crippen LogP) is 3.01. The summed E-state index contributed by atoms with van der Waals surface area (Å²) >= 11 is 0. The van der Waals surface area contributed by atoms with Crippen molar-refractivity contribution in [2.24, 2.45) is 5.92 Å². The molecule has 1 unspecified atom stereocenters. The Bertz CT molecular complexity index is 435. The molecule has 0 bridgehead atoms. The van der Waals surface area contributed by atoms with Crippen LogP contribution in [-0.2, 0) is 0 Å². The van der Waals surface area contributed by atoms with Crippen LogP contribution in [0.15, 0.2) is 10.5 Å². The highest BCUT2D eigenvalue weighted by molar-refractivity contribution is 5.74. The van der Waals surface area contributed by atoms with Crippen molar-refractivity contribution < 1.29 is 9.21 Å². The van der Waals surface area contributed by atoms with Gasteiger partial charge in [-0.3, -0.25) is 0 Å². The fourth-order valence-corrected chi connectivity index (χ4v) is 2.22. The monoisotopic (exact) mass is 250 g/mol. The van der Waals surface area contributed by atoms with E-state index in [1.807, 2.05) is 33.9 Å². The summed E-state index contributed by atoms with van der Waals surface area (Å²) in [6, 6.07) is 1.96. The molecule has 1 aliphatic carbocycles. The van der Waals surface area contributed by atoms with E-state index in [1.54, 1.807) is 4.90 Å². The first kappa shape index (κ1) is 13.0. The topological polar surface area (TPSA) is 45.5 Å². The number of carbonyl (C=O) groups excluding carboxylic acids is 1. The summed E-state index contributed by atoms with van der Waals surface area (Å²) in [4.78, 5) is 13.8. The average molecular weight is 250 g/mol. The van der Waals surface area contributed by atoms with Gasteiger partial charge in [-0.15, -0.1) is 0 Å². The van der Waals surface area contributed by atoms with Crippen LogP contribution >= 0.6 is 0 Å². The molecule has 0 radical (unpaired) electrons. The van der Waals surface area contributed by atoms with E-state index in [2.05, 4.69) is 5.32 Å². The summed E-state index contributed by atoms with van der Waals surface area (Å²) in [5.74, 6) is 2.48. The molecule has 1 fully saturated rings. The maximum Gasteiger partial charge on any atom is 0.317 e. The minimum Gasteiger partial charge on any atom is -0.466 e. The second-order valence-electron chi connectivity index (χ2n) is 5.36. The predicted molar refractivity (Wildman–Crippen MR) is 70.5 cm³/mol. The number of rotatable bonds is 4. The zero-order valence-corrected chi connectivity index (χ0v) is 11.6. The molecule has 18 heavy (non-hydrogen) atoms. The van der Waals surface area contributed by atoms with Crippen LogP contribution in [0.25, 0.3) is 0 Å². The SMILES string of the molecule is Cc1cc(C(C)NC(=O)N(C)CC2CC2)c(C)o1. The van der Waals surface area contributed by atoms with Crippen LogP contribution in [0.4, 0.5) is 4.79 Å². The van der Waals surface area contributed by atoms with Crippen molar-refractivity contribution in [2.45, 2.75) is 39.7 Å². The van der Waals surface area contributed by atoms with Crippen LogP contribution in [0.1, 0.15) is 42.9 Å². The zero-order chi connectivity index (χ0) is 13.3. The lowest BCUT2D eigenvalue weighted by Crippen LogP contribution is -2.39. The number of hydrogen-bond acceptors (Lipinski definition) is 2. The quantitative estimate of drug-likeness (QED) is 0.892. The van der Waals surface area contributed by atoms with Crippen molar-refractivity contribution in [1.29, 1.82) is 0 Å². The van der Waals surface area contributed by atoms with Crippen molar-refractivity contribution in [3.8, 4) is 0 Å². The summed E-state index contributed by atoms with van der Waals surface area (Å²) in [6.45, 7) is 6.70. The van der Waals surface area contributed by atoms with Crippen molar-refractivity contribution in [3.63, 3.8) is 0 Å². The molecule has 1 N–H and O–H groups in total. The Hall–Kier alpha value is -1.45. The molecule has 1 aromatic heterocycles. The maximum absolute atomic E-state index is 12.0. The number of amides is 2. The zero-order valence-electron chi connectivity index (χ0n) is 11.6. The van der Waals surface area contributed by atoms with E-state index in [1.165, 1.54) is 12.8 Å². The molecule has 2 amide bonds. The van der Waals surface area contributed by atoms with Crippen LogP contribution in [0.2, 0.25) is 0 Å². The fraction of sp³-hybridized carbons (Fsp3) is 0.643. The lowest BCUT2D eigenvalue weighted by atomic mass is 10.1. The number of urea groups is 1. The van der Waals surface area contributed by atoms with Gasteiger partial charge in [-0.05, 0) is 45.6 Å². The first-order chi connectivity index (χ1) is 8.47. The molecular formula is C14H22N2O2. The summed E-state index contributed by atoms with van der Waals surface area (Å²) in [7, 11) is 1.86. The summed E-state index contributed by atoms with van der Waals surface area (Å²) < 4.78 is 5.49. The number of nitrogens with zero attached hydrogens (tertiary/aromatic N) is 1. The van der Waals surface area contributed by atoms with E-state index < -0.39 is 0 Å². The summed E-state index contributed by atoms with van der Waals surface area (Å²) in [6.07, 6.45) is 2.51. The number of carbonyl (C=O) groups is 1. The first-order valence-electron chi connectivity index (χ1n) is 6.56. The number of furan rings is 1. The van der Waals surface area contributed by atoms with Crippen molar-refractivity contribution in [2.75, 3.05) is 13.6 Å². The molecular weight excluding hydrogens is 228 g/mol. The van der Waals surface area contributed by atoms with E-state index >= 15 is 0 Å². The smallest absolute Gasteiger partial charge is 0.317 e. The third-order valence-electron chi connectivity index (χ3n) is 3.46. The minimum absolute atomic E-state index is 0.00680. The largest absolute Gasteiger partial charge is 0.466 e. The van der Waals surface area contributed by atoms with E-state index in [-0.39, 0.29) is 12.1 Å². The van der Waals surface area contributed by atoms with Crippen LogP contribution in [0.3, 0.4) is 0 Å². The van der Waals surface area contributed by atoms with Gasteiger partial charge >= 0.3 is 6.03 Å². The third kappa shape index (κ3) is 3.06. The molecule has 4 heteroatoms. The van der Waals surface area contributed by atoms with Crippen molar-refractivity contribution in [1.82, 2.24) is 10.2 Å². The van der Waals surface area contributed by atoms with Gasteiger partial charge < -0.3 is 14.6 Å². The molecule has 1 aromatic rings. The highest BCUT2D eigenvalue weighted by atomic mass is 16.3. The van der Waals surface area contributed by atoms with Gasteiger partial charge in [0.15, 0.2) is 0 Å². The van der Waals surface area contributed by atoms with Gasteiger partial charge in [0.25, 0.3) is 0 Å². The Morgan fingerprint density at radius 3 is 2.72 bits per heavy atom. The van der Waals surface area contributed by atoms with E-state index in [4.69, 9.17) is 4.42 Å². The Kier molecular flexibility index (Phi) is 3.64. The lowest BCUT2D eigenvalue weighted by molar-refractivity contribution is 0.203. The molecule has 0 spiro atoms. The molecule has 1 atom stereocenters. The Morgan fingerprint density at radius 2 is 2.22 bits per heavy atom. The van der Waals surface area contributed by atoms with E-state index in [0.29, 0.717) is 5.92 Å². The molecule has 4 nitrogen and oxygen atoms in total. The number of hydrogen-bond donors (Lipinski definition) is 1. The van der Waals surface area contributed by atoms with Crippen molar-refractivity contribution in [3.05, 3.63) is 23.2 Å². The van der Waals surface area contributed by atoms with E-state index in [0.717, 1.165) is 23.6 Å². The molecule has 1 aliphatic rings. The van der Waals surface area contributed by atoms with Crippen LogP contribution in [0, 0.1) is 19.8 Å². The summed E-state index contributed by atoms with van der Waals surface area (Å²) in [5, 5.41) is 3.01. The average Bonchev–Trinajstić information content (AvgIpc) is 3.02. The van der Waals surface area contributed by atoms with Gasteiger partial charge in [0.2, 0.25) is 0 Å². The highest BCUT2D eigenvalue weighted by Crippen LogP contribution is 2.29. The second-order valence-corrected chi connectivity index (χ2v) is 5.36. The highest BCUT2D eigenvalue weighted by Gasteiger charge is 2.25. The van der Waals surface area contributed by atoms with Crippen molar-refractivity contribution >= 4 is 6.03 Å². The van der Waals surface area contributed by atoms with E-state index in [9.17, 15) is 4.79 Å². The van der Waals surface area contributed by atoms with Crippen LogP contribution in [0.5, 0.6) is 0 Å². The molecule has 1 heterocycles. The Labute approximate surface area is 108 Å². The lowest BCUT2D eigenvalue weighted by Gasteiger charge is -2.21. The normalized spacial score (nSPS) is 16.4. The van der Waals surface area contributed by atoms with Gasteiger partial charge in [-0.1, -0.05) is 0 Å². The fourth-order valence-electron chi connectivity index (χ4n) is 2.22. The molecule has 0 aromatic carbocycles. The number of nitrogens with one attached hydrogen (secondary N) is 1. The minimum atomic E-state index is -0.0170. The Balaban J connectivity index is 1.91. The molecule has 100 valence electrons. The third-order valence-corrected chi connectivity index (χ3v) is 3.46. The van der Waals surface area contributed by atoms with Crippen LogP contribution in [-0.4, -0.2) is 24.5 Å². The van der Waals surface area contributed by atoms with Gasteiger partial charge in [-0.2, -0.15) is 0 Å². The molecule has 0 aliphatic heterocycles. The maximum atomic E-state index is 12.0. The van der Waals surface area contributed by atoms with Gasteiger partial charge in [0.1, 0.15) is 11.5 Å². The van der Waals surface area contributed by atoms with Crippen LogP contribution < -0.4 is 5.32 Å². The second kappa shape index (κ2) is 5.04. The van der Waals surface area contributed by atoms with Gasteiger partial charge in [0.05, 0.1) is 6.04 Å².